The Kier molecular flexibility index (Phi) is 5.58. The largest absolute Gasteiger partial charge is 0.493 e. The number of ether oxygens (including phenoxy) is 1. The molecule has 0 radical (unpaired) electrons. The number of para-hydroxylation sites is 1. The van der Waals surface area contributed by atoms with Crippen molar-refractivity contribution in [3.63, 3.8) is 0 Å². The average Bonchev–Trinajstić information content (AvgIpc) is 2.68. The minimum absolute atomic E-state index is 0.122. The summed E-state index contributed by atoms with van der Waals surface area (Å²) in [4.78, 5) is 16.4. The molecular weight excluding hydrogens is 357 g/mol. The van der Waals surface area contributed by atoms with Gasteiger partial charge in [-0.1, -0.05) is 18.2 Å². The summed E-state index contributed by atoms with van der Waals surface area (Å²) in [6.07, 6.45) is -4.36. The van der Waals surface area contributed by atoms with Crippen molar-refractivity contribution >= 4 is 11.6 Å². The summed E-state index contributed by atoms with van der Waals surface area (Å²) in [5.41, 5.74) is 0.364. The third kappa shape index (κ3) is 4.35. The van der Waals surface area contributed by atoms with Gasteiger partial charge in [-0.15, -0.1) is 0 Å². The number of nitrogens with zero attached hydrogens (tertiary/aromatic N) is 2. The fourth-order valence-electron chi connectivity index (χ4n) is 3.14. The van der Waals surface area contributed by atoms with E-state index in [-0.39, 0.29) is 5.91 Å². The molecule has 1 aliphatic rings. The zero-order chi connectivity index (χ0) is 19.4. The number of amides is 1. The SMILES string of the molecule is CCOc1ccccc1C(=O)N1CCN(c2cccc(C(F)(F)F)c2)CC1. The van der Waals surface area contributed by atoms with E-state index in [9.17, 15) is 18.0 Å². The number of anilines is 1. The predicted molar refractivity (Wildman–Crippen MR) is 97.2 cm³/mol. The fraction of sp³-hybridized carbons (Fsp3) is 0.350. The molecule has 0 unspecified atom stereocenters. The van der Waals surface area contributed by atoms with Crippen molar-refractivity contribution in [2.24, 2.45) is 0 Å². The molecule has 4 nitrogen and oxygen atoms in total. The highest BCUT2D eigenvalue weighted by Crippen LogP contribution is 2.32. The smallest absolute Gasteiger partial charge is 0.416 e. The van der Waals surface area contributed by atoms with Crippen LogP contribution in [-0.4, -0.2) is 43.6 Å². The lowest BCUT2D eigenvalue weighted by atomic mass is 10.1. The van der Waals surface area contributed by atoms with Crippen molar-refractivity contribution in [2.75, 3.05) is 37.7 Å². The van der Waals surface area contributed by atoms with Crippen LogP contribution in [0, 0.1) is 0 Å². The maximum atomic E-state index is 12.9. The first-order valence-corrected chi connectivity index (χ1v) is 8.83. The summed E-state index contributed by atoms with van der Waals surface area (Å²) in [5.74, 6) is 0.424. The van der Waals surface area contributed by atoms with Crippen LogP contribution in [0.5, 0.6) is 5.75 Å². The lowest BCUT2D eigenvalue weighted by molar-refractivity contribution is -0.137. The van der Waals surface area contributed by atoms with Gasteiger partial charge in [0, 0.05) is 31.9 Å². The molecule has 1 fully saturated rings. The van der Waals surface area contributed by atoms with Crippen molar-refractivity contribution in [1.29, 1.82) is 0 Å². The molecule has 0 saturated carbocycles. The van der Waals surface area contributed by atoms with Crippen LogP contribution in [0.4, 0.5) is 18.9 Å². The molecule has 2 aromatic carbocycles. The minimum atomic E-state index is -4.36. The van der Waals surface area contributed by atoms with E-state index < -0.39 is 11.7 Å². The maximum absolute atomic E-state index is 12.9. The van der Waals surface area contributed by atoms with Crippen LogP contribution < -0.4 is 9.64 Å². The first kappa shape index (κ1) is 19.1. The Morgan fingerprint density at radius 3 is 2.41 bits per heavy atom. The number of benzene rings is 2. The van der Waals surface area contributed by atoms with Crippen LogP contribution in [-0.2, 0) is 6.18 Å². The molecule has 144 valence electrons. The van der Waals surface area contributed by atoms with Crippen LogP contribution >= 0.6 is 0 Å². The van der Waals surface area contributed by atoms with Gasteiger partial charge >= 0.3 is 6.18 Å². The molecule has 1 heterocycles. The lowest BCUT2D eigenvalue weighted by Crippen LogP contribution is -2.48. The van der Waals surface area contributed by atoms with E-state index in [2.05, 4.69) is 0 Å². The van der Waals surface area contributed by atoms with E-state index in [0.717, 1.165) is 12.1 Å². The molecule has 27 heavy (non-hydrogen) atoms. The number of piperazine rings is 1. The van der Waals surface area contributed by atoms with Crippen LogP contribution in [0.1, 0.15) is 22.8 Å². The van der Waals surface area contributed by atoms with Gasteiger partial charge in [0.05, 0.1) is 17.7 Å². The summed E-state index contributed by atoms with van der Waals surface area (Å²) < 4.78 is 44.2. The number of carbonyl (C=O) groups is 1. The zero-order valence-corrected chi connectivity index (χ0v) is 15.0. The Labute approximate surface area is 156 Å². The van der Waals surface area contributed by atoms with Crippen molar-refractivity contribution in [3.8, 4) is 5.75 Å². The van der Waals surface area contributed by atoms with Gasteiger partial charge in [0.2, 0.25) is 0 Å². The minimum Gasteiger partial charge on any atom is -0.493 e. The van der Waals surface area contributed by atoms with Gasteiger partial charge < -0.3 is 14.5 Å². The molecule has 0 atom stereocenters. The van der Waals surface area contributed by atoms with Gasteiger partial charge in [0.15, 0.2) is 0 Å². The van der Waals surface area contributed by atoms with Crippen molar-refractivity contribution < 1.29 is 22.7 Å². The highest BCUT2D eigenvalue weighted by molar-refractivity contribution is 5.97. The molecule has 1 saturated heterocycles. The second-order valence-electron chi connectivity index (χ2n) is 6.26. The number of rotatable bonds is 4. The molecule has 7 heteroatoms. The highest BCUT2D eigenvalue weighted by atomic mass is 19.4. The van der Waals surface area contributed by atoms with Gasteiger partial charge in [-0.3, -0.25) is 4.79 Å². The molecule has 0 spiro atoms. The normalized spacial score (nSPS) is 15.0. The predicted octanol–water partition coefficient (Wildman–Crippen LogP) is 4.07. The number of halogens is 3. The molecular formula is C20H21F3N2O2. The molecule has 0 aliphatic carbocycles. The van der Waals surface area contributed by atoms with Crippen molar-refractivity contribution in [2.45, 2.75) is 13.1 Å². The monoisotopic (exact) mass is 378 g/mol. The zero-order valence-electron chi connectivity index (χ0n) is 15.0. The van der Waals surface area contributed by atoms with Gasteiger partial charge in [0.25, 0.3) is 5.91 Å². The lowest BCUT2D eigenvalue weighted by Gasteiger charge is -2.36. The Morgan fingerprint density at radius 2 is 1.74 bits per heavy atom. The van der Waals surface area contributed by atoms with E-state index in [1.54, 1.807) is 29.2 Å². The second-order valence-corrected chi connectivity index (χ2v) is 6.26. The van der Waals surface area contributed by atoms with Crippen LogP contribution in [0.15, 0.2) is 48.5 Å². The summed E-state index contributed by atoms with van der Waals surface area (Å²) in [7, 11) is 0. The summed E-state index contributed by atoms with van der Waals surface area (Å²) >= 11 is 0. The molecule has 0 aromatic heterocycles. The third-order valence-electron chi connectivity index (χ3n) is 4.52. The van der Waals surface area contributed by atoms with Gasteiger partial charge in [-0.05, 0) is 37.3 Å². The first-order valence-electron chi connectivity index (χ1n) is 8.83. The third-order valence-corrected chi connectivity index (χ3v) is 4.52. The standard InChI is InChI=1S/C20H21F3N2O2/c1-2-27-18-9-4-3-8-17(18)19(26)25-12-10-24(11-13-25)16-7-5-6-15(14-16)20(21,22)23/h3-9,14H,2,10-13H2,1H3. The van der Waals surface area contributed by atoms with Crippen molar-refractivity contribution in [1.82, 2.24) is 4.90 Å². The first-order chi connectivity index (χ1) is 12.9. The van der Waals surface area contributed by atoms with E-state index in [4.69, 9.17) is 4.74 Å². The molecule has 2 aromatic rings. The van der Waals surface area contributed by atoms with E-state index in [0.29, 0.717) is 49.8 Å². The number of carbonyl (C=O) groups excluding carboxylic acids is 1. The number of hydrogen-bond donors (Lipinski definition) is 0. The van der Waals surface area contributed by atoms with E-state index in [1.165, 1.54) is 6.07 Å². The molecule has 0 bridgehead atoms. The Hall–Kier alpha value is -2.70. The highest BCUT2D eigenvalue weighted by Gasteiger charge is 2.31. The Bertz CT molecular complexity index is 800. The van der Waals surface area contributed by atoms with E-state index in [1.807, 2.05) is 17.9 Å². The topological polar surface area (TPSA) is 32.8 Å². The average molecular weight is 378 g/mol. The fourth-order valence-corrected chi connectivity index (χ4v) is 3.14. The van der Waals surface area contributed by atoms with Gasteiger partial charge in [-0.25, -0.2) is 0 Å². The summed E-state index contributed by atoms with van der Waals surface area (Å²) in [6, 6.07) is 12.4. The Morgan fingerprint density at radius 1 is 1.04 bits per heavy atom. The van der Waals surface area contributed by atoms with E-state index >= 15 is 0 Å². The number of alkyl halides is 3. The van der Waals surface area contributed by atoms with Crippen molar-refractivity contribution in [3.05, 3.63) is 59.7 Å². The molecule has 0 N–H and O–H groups in total. The van der Waals surface area contributed by atoms with Crippen LogP contribution in [0.2, 0.25) is 0 Å². The van der Waals surface area contributed by atoms with Crippen LogP contribution in [0.3, 0.4) is 0 Å². The maximum Gasteiger partial charge on any atom is 0.416 e. The quantitative estimate of drug-likeness (QED) is 0.804. The van der Waals surface area contributed by atoms with Gasteiger partial charge in [0.1, 0.15) is 5.75 Å². The van der Waals surface area contributed by atoms with Gasteiger partial charge in [-0.2, -0.15) is 13.2 Å². The summed E-state index contributed by atoms with van der Waals surface area (Å²) in [6.45, 7) is 4.15. The molecule has 1 amide bonds. The number of hydrogen-bond acceptors (Lipinski definition) is 3. The second kappa shape index (κ2) is 7.90. The Balaban J connectivity index is 1.68. The summed E-state index contributed by atoms with van der Waals surface area (Å²) in [5, 5.41) is 0. The van der Waals surface area contributed by atoms with Crippen LogP contribution in [0.25, 0.3) is 0 Å². The molecule has 1 aliphatic heterocycles. The molecule has 3 rings (SSSR count).